The number of rotatable bonds is 3. The molecular formula is C10H8ClN3O2. The SMILES string of the molecule is O=C(O)Cc1nc(-c2ccc(Cl)cc2)n[nH]1. The number of benzene rings is 1. The van der Waals surface area contributed by atoms with E-state index in [9.17, 15) is 4.79 Å². The minimum Gasteiger partial charge on any atom is -0.481 e. The Morgan fingerprint density at radius 2 is 2.06 bits per heavy atom. The first-order valence-electron chi connectivity index (χ1n) is 4.54. The summed E-state index contributed by atoms with van der Waals surface area (Å²) in [4.78, 5) is 14.5. The molecule has 5 nitrogen and oxygen atoms in total. The van der Waals surface area contributed by atoms with Gasteiger partial charge in [0.15, 0.2) is 5.82 Å². The molecule has 2 rings (SSSR count). The Bertz CT molecular complexity index is 507. The zero-order valence-corrected chi connectivity index (χ0v) is 8.90. The number of hydrogen-bond acceptors (Lipinski definition) is 3. The van der Waals surface area contributed by atoms with Crippen molar-refractivity contribution in [2.24, 2.45) is 0 Å². The van der Waals surface area contributed by atoms with Crippen LogP contribution in [0.25, 0.3) is 11.4 Å². The van der Waals surface area contributed by atoms with Crippen LogP contribution in [-0.2, 0) is 11.2 Å². The Hall–Kier alpha value is -1.88. The molecule has 2 aromatic rings. The quantitative estimate of drug-likeness (QED) is 0.853. The van der Waals surface area contributed by atoms with Gasteiger partial charge in [0.05, 0.1) is 0 Å². The monoisotopic (exact) mass is 237 g/mol. The molecular weight excluding hydrogens is 230 g/mol. The number of carboxylic acids is 1. The van der Waals surface area contributed by atoms with E-state index >= 15 is 0 Å². The van der Waals surface area contributed by atoms with Crippen molar-refractivity contribution in [1.29, 1.82) is 0 Å². The van der Waals surface area contributed by atoms with Crippen LogP contribution in [0, 0.1) is 0 Å². The first-order chi connectivity index (χ1) is 7.65. The van der Waals surface area contributed by atoms with Crippen molar-refractivity contribution in [1.82, 2.24) is 15.2 Å². The molecule has 0 fully saturated rings. The fourth-order valence-corrected chi connectivity index (χ4v) is 1.37. The average Bonchev–Trinajstić information content (AvgIpc) is 2.66. The van der Waals surface area contributed by atoms with Gasteiger partial charge in [-0.05, 0) is 24.3 Å². The molecule has 0 aliphatic rings. The summed E-state index contributed by atoms with van der Waals surface area (Å²) in [6.45, 7) is 0. The lowest BCUT2D eigenvalue weighted by atomic mass is 10.2. The van der Waals surface area contributed by atoms with Gasteiger partial charge in [-0.1, -0.05) is 11.6 Å². The maximum Gasteiger partial charge on any atom is 0.311 e. The van der Waals surface area contributed by atoms with Gasteiger partial charge in [-0.15, -0.1) is 0 Å². The standard InChI is InChI=1S/C10H8ClN3O2/c11-7-3-1-6(2-4-7)10-12-8(13-14-10)5-9(15)16/h1-4H,5H2,(H,15,16)(H,12,13,14). The molecule has 0 unspecified atom stereocenters. The number of hydrogen-bond donors (Lipinski definition) is 2. The predicted molar refractivity (Wildman–Crippen MR) is 58.2 cm³/mol. The molecule has 0 radical (unpaired) electrons. The number of halogens is 1. The molecule has 6 heteroatoms. The van der Waals surface area contributed by atoms with Crippen LogP contribution in [0.5, 0.6) is 0 Å². The molecule has 0 amide bonds. The van der Waals surface area contributed by atoms with E-state index in [0.717, 1.165) is 5.56 Å². The van der Waals surface area contributed by atoms with Crippen LogP contribution in [0.2, 0.25) is 5.02 Å². The van der Waals surface area contributed by atoms with Crippen LogP contribution >= 0.6 is 11.6 Å². The fourth-order valence-electron chi connectivity index (χ4n) is 1.25. The van der Waals surface area contributed by atoms with E-state index in [2.05, 4.69) is 15.2 Å². The Morgan fingerprint density at radius 3 is 2.69 bits per heavy atom. The molecule has 1 heterocycles. The Balaban J connectivity index is 2.24. The van der Waals surface area contributed by atoms with Crippen LogP contribution in [0.3, 0.4) is 0 Å². The van der Waals surface area contributed by atoms with Crippen molar-refractivity contribution in [3.63, 3.8) is 0 Å². The molecule has 16 heavy (non-hydrogen) atoms. The normalized spacial score (nSPS) is 10.3. The topological polar surface area (TPSA) is 78.9 Å². The van der Waals surface area contributed by atoms with Crippen LogP contribution < -0.4 is 0 Å². The number of aromatic amines is 1. The van der Waals surface area contributed by atoms with E-state index in [-0.39, 0.29) is 6.42 Å². The second-order valence-corrected chi connectivity index (χ2v) is 3.62. The lowest BCUT2D eigenvalue weighted by Crippen LogP contribution is -2.01. The summed E-state index contributed by atoms with van der Waals surface area (Å²) < 4.78 is 0. The number of nitrogens with zero attached hydrogens (tertiary/aromatic N) is 2. The predicted octanol–water partition coefficient (Wildman–Crippen LogP) is 1.75. The van der Waals surface area contributed by atoms with Gasteiger partial charge in [0, 0.05) is 10.6 Å². The third kappa shape index (κ3) is 2.38. The zero-order valence-electron chi connectivity index (χ0n) is 8.14. The van der Waals surface area contributed by atoms with Crippen molar-refractivity contribution in [3.05, 3.63) is 35.1 Å². The molecule has 0 atom stereocenters. The summed E-state index contributed by atoms with van der Waals surface area (Å²) in [5, 5.41) is 15.7. The van der Waals surface area contributed by atoms with Gasteiger partial charge in [-0.2, -0.15) is 5.10 Å². The molecule has 0 saturated carbocycles. The zero-order chi connectivity index (χ0) is 11.5. The van der Waals surface area contributed by atoms with Crippen molar-refractivity contribution in [2.75, 3.05) is 0 Å². The Kier molecular flexibility index (Phi) is 2.87. The molecule has 0 aliphatic heterocycles. The number of nitrogens with one attached hydrogen (secondary N) is 1. The van der Waals surface area contributed by atoms with Gasteiger partial charge >= 0.3 is 5.97 Å². The summed E-state index contributed by atoms with van der Waals surface area (Å²) in [6.07, 6.45) is -0.166. The minimum atomic E-state index is -0.946. The maximum absolute atomic E-state index is 10.5. The number of H-pyrrole nitrogens is 1. The summed E-state index contributed by atoms with van der Waals surface area (Å²) in [7, 11) is 0. The summed E-state index contributed by atoms with van der Waals surface area (Å²) in [5.41, 5.74) is 0.789. The third-order valence-corrected chi connectivity index (χ3v) is 2.20. The fraction of sp³-hybridized carbons (Fsp3) is 0.100. The van der Waals surface area contributed by atoms with Gasteiger partial charge in [-0.25, -0.2) is 4.98 Å². The third-order valence-electron chi connectivity index (χ3n) is 1.95. The molecule has 0 spiro atoms. The van der Waals surface area contributed by atoms with Gasteiger partial charge in [0.2, 0.25) is 0 Å². The molecule has 1 aromatic carbocycles. The lowest BCUT2D eigenvalue weighted by molar-refractivity contribution is -0.136. The first-order valence-corrected chi connectivity index (χ1v) is 4.92. The number of aromatic nitrogens is 3. The highest BCUT2D eigenvalue weighted by molar-refractivity contribution is 6.30. The molecule has 0 aliphatic carbocycles. The molecule has 2 N–H and O–H groups in total. The summed E-state index contributed by atoms with van der Waals surface area (Å²) in [6, 6.07) is 7.00. The van der Waals surface area contributed by atoms with Crippen LogP contribution in [0.1, 0.15) is 5.82 Å². The Labute approximate surface area is 96.1 Å². The van der Waals surface area contributed by atoms with Gasteiger partial charge in [0.25, 0.3) is 0 Å². The van der Waals surface area contributed by atoms with Crippen molar-refractivity contribution in [2.45, 2.75) is 6.42 Å². The van der Waals surface area contributed by atoms with Crippen molar-refractivity contribution >= 4 is 17.6 Å². The second kappa shape index (κ2) is 4.32. The summed E-state index contributed by atoms with van der Waals surface area (Å²) in [5.74, 6) is -0.149. The van der Waals surface area contributed by atoms with Crippen LogP contribution in [0.4, 0.5) is 0 Å². The van der Waals surface area contributed by atoms with E-state index in [1.807, 2.05) is 0 Å². The second-order valence-electron chi connectivity index (χ2n) is 3.18. The van der Waals surface area contributed by atoms with E-state index in [1.54, 1.807) is 24.3 Å². The maximum atomic E-state index is 10.5. The molecule has 82 valence electrons. The lowest BCUT2D eigenvalue weighted by Gasteiger charge is -1.93. The van der Waals surface area contributed by atoms with E-state index in [4.69, 9.17) is 16.7 Å². The van der Waals surface area contributed by atoms with E-state index in [0.29, 0.717) is 16.7 Å². The first kappa shape index (κ1) is 10.6. The number of carbonyl (C=O) groups is 1. The minimum absolute atomic E-state index is 0.166. The van der Waals surface area contributed by atoms with Crippen molar-refractivity contribution in [3.8, 4) is 11.4 Å². The summed E-state index contributed by atoms with van der Waals surface area (Å²) >= 11 is 5.75. The smallest absolute Gasteiger partial charge is 0.311 e. The highest BCUT2D eigenvalue weighted by Crippen LogP contribution is 2.17. The number of carboxylic acid groups (broad SMARTS) is 1. The van der Waals surface area contributed by atoms with E-state index < -0.39 is 5.97 Å². The molecule has 0 bridgehead atoms. The number of aliphatic carboxylic acids is 1. The van der Waals surface area contributed by atoms with Crippen LogP contribution in [-0.4, -0.2) is 26.3 Å². The highest BCUT2D eigenvalue weighted by atomic mass is 35.5. The average molecular weight is 238 g/mol. The van der Waals surface area contributed by atoms with Gasteiger partial charge < -0.3 is 5.11 Å². The van der Waals surface area contributed by atoms with Crippen LogP contribution in [0.15, 0.2) is 24.3 Å². The van der Waals surface area contributed by atoms with Crippen molar-refractivity contribution < 1.29 is 9.90 Å². The Morgan fingerprint density at radius 1 is 1.38 bits per heavy atom. The van der Waals surface area contributed by atoms with Gasteiger partial charge in [-0.3, -0.25) is 9.89 Å². The van der Waals surface area contributed by atoms with Gasteiger partial charge in [0.1, 0.15) is 12.2 Å². The largest absolute Gasteiger partial charge is 0.481 e. The van der Waals surface area contributed by atoms with E-state index in [1.165, 1.54) is 0 Å². The molecule has 0 saturated heterocycles. The highest BCUT2D eigenvalue weighted by Gasteiger charge is 2.08. The molecule has 1 aromatic heterocycles.